The van der Waals surface area contributed by atoms with Gasteiger partial charge in [0.25, 0.3) is 0 Å². The highest BCUT2D eigenvalue weighted by Gasteiger charge is 2.23. The van der Waals surface area contributed by atoms with E-state index in [1.54, 1.807) is 0 Å². The SMILES string of the molecule is c1ccc(N(c2ccc(-c3ccc4ccccc4c3)cc2)c2cccc3oc4ccccc4c23)c(-c2cccc3oc4ccccc4c23)c1. The molecule has 0 N–H and O–H groups in total. The van der Waals surface area contributed by atoms with Crippen LogP contribution in [-0.4, -0.2) is 0 Å². The first-order chi connectivity index (χ1) is 24.3. The summed E-state index contributed by atoms with van der Waals surface area (Å²) in [4.78, 5) is 2.38. The number of hydrogen-bond acceptors (Lipinski definition) is 3. The summed E-state index contributed by atoms with van der Waals surface area (Å²) < 4.78 is 12.7. The maximum absolute atomic E-state index is 6.40. The van der Waals surface area contributed by atoms with Gasteiger partial charge in [0, 0.05) is 27.4 Å². The number of rotatable bonds is 5. The lowest BCUT2D eigenvalue weighted by Crippen LogP contribution is -2.11. The predicted octanol–water partition coefficient (Wildman–Crippen LogP) is 13.4. The van der Waals surface area contributed by atoms with Gasteiger partial charge < -0.3 is 13.7 Å². The first-order valence-electron chi connectivity index (χ1n) is 16.6. The molecule has 3 heteroatoms. The first kappa shape index (κ1) is 27.5. The minimum atomic E-state index is 0.858. The molecule has 0 saturated carbocycles. The van der Waals surface area contributed by atoms with E-state index in [1.807, 2.05) is 24.3 Å². The van der Waals surface area contributed by atoms with Crippen LogP contribution in [0.4, 0.5) is 17.1 Å². The molecule has 49 heavy (non-hydrogen) atoms. The highest BCUT2D eigenvalue weighted by atomic mass is 16.3. The zero-order valence-electron chi connectivity index (χ0n) is 26.5. The molecule has 0 saturated heterocycles. The summed E-state index contributed by atoms with van der Waals surface area (Å²) in [6.45, 7) is 0. The molecule has 230 valence electrons. The molecule has 10 rings (SSSR count). The largest absolute Gasteiger partial charge is 0.456 e. The zero-order valence-corrected chi connectivity index (χ0v) is 26.5. The second-order valence-corrected chi connectivity index (χ2v) is 12.5. The van der Waals surface area contributed by atoms with E-state index < -0.39 is 0 Å². The van der Waals surface area contributed by atoms with Crippen LogP contribution in [0.15, 0.2) is 185 Å². The minimum absolute atomic E-state index is 0.858. The van der Waals surface area contributed by atoms with Crippen LogP contribution in [0.2, 0.25) is 0 Å². The van der Waals surface area contributed by atoms with Crippen LogP contribution >= 0.6 is 0 Å². The van der Waals surface area contributed by atoms with Crippen molar-refractivity contribution < 1.29 is 8.83 Å². The van der Waals surface area contributed by atoms with Crippen molar-refractivity contribution in [1.29, 1.82) is 0 Å². The van der Waals surface area contributed by atoms with Crippen molar-refractivity contribution in [2.75, 3.05) is 4.90 Å². The Bertz CT molecular complexity index is 2840. The number of furan rings is 2. The fourth-order valence-electron chi connectivity index (χ4n) is 7.42. The number of benzene rings is 8. The molecule has 0 spiro atoms. The molecule has 3 nitrogen and oxygen atoms in total. The average molecular weight is 628 g/mol. The minimum Gasteiger partial charge on any atom is -0.456 e. The van der Waals surface area contributed by atoms with Crippen LogP contribution in [0.25, 0.3) is 76.9 Å². The van der Waals surface area contributed by atoms with E-state index in [9.17, 15) is 0 Å². The van der Waals surface area contributed by atoms with Crippen molar-refractivity contribution in [1.82, 2.24) is 0 Å². The van der Waals surface area contributed by atoms with Gasteiger partial charge in [0.1, 0.15) is 22.3 Å². The zero-order chi connectivity index (χ0) is 32.3. The van der Waals surface area contributed by atoms with E-state index in [-0.39, 0.29) is 0 Å². The number of hydrogen-bond donors (Lipinski definition) is 0. The summed E-state index contributed by atoms with van der Waals surface area (Å²) >= 11 is 0. The third-order valence-electron chi connectivity index (χ3n) is 9.67. The van der Waals surface area contributed by atoms with Crippen molar-refractivity contribution in [3.8, 4) is 22.3 Å². The number of nitrogens with zero attached hydrogens (tertiary/aromatic N) is 1. The van der Waals surface area contributed by atoms with Crippen molar-refractivity contribution in [3.05, 3.63) is 176 Å². The summed E-state index contributed by atoms with van der Waals surface area (Å²) in [5, 5.41) is 6.87. The van der Waals surface area contributed by atoms with E-state index in [1.165, 1.54) is 21.9 Å². The number of para-hydroxylation sites is 3. The van der Waals surface area contributed by atoms with Gasteiger partial charge in [-0.2, -0.15) is 0 Å². The normalized spacial score (nSPS) is 11.7. The van der Waals surface area contributed by atoms with Crippen LogP contribution in [-0.2, 0) is 0 Å². The van der Waals surface area contributed by atoms with Crippen LogP contribution in [0.3, 0.4) is 0 Å². The Morgan fingerprint density at radius 2 is 0.898 bits per heavy atom. The lowest BCUT2D eigenvalue weighted by atomic mass is 9.96. The second-order valence-electron chi connectivity index (χ2n) is 12.5. The standard InChI is InChI=1S/C46H29NO2/c1-2-12-32-29-33(24-23-30(32)11-1)31-25-27-34(28-26-31)47(40-18-10-22-44-46(40)38-15-5-8-20-42(38)49-44)39-17-6-3-13-35(39)36-16-9-21-43-45(36)37-14-4-7-19-41(37)48-43/h1-29H. The molecular weight excluding hydrogens is 599 g/mol. The first-order valence-corrected chi connectivity index (χ1v) is 16.6. The van der Waals surface area contributed by atoms with Gasteiger partial charge in [-0.1, -0.05) is 121 Å². The van der Waals surface area contributed by atoms with E-state index in [0.29, 0.717) is 0 Å². The van der Waals surface area contributed by atoms with Crippen molar-refractivity contribution >= 4 is 71.7 Å². The second kappa shape index (κ2) is 11.0. The maximum atomic E-state index is 6.40. The van der Waals surface area contributed by atoms with Crippen molar-refractivity contribution in [2.45, 2.75) is 0 Å². The van der Waals surface area contributed by atoms with Gasteiger partial charge >= 0.3 is 0 Å². The molecule has 0 amide bonds. The van der Waals surface area contributed by atoms with Crippen LogP contribution in [0.5, 0.6) is 0 Å². The van der Waals surface area contributed by atoms with Gasteiger partial charge in [-0.25, -0.2) is 0 Å². The molecule has 0 aliphatic carbocycles. The smallest absolute Gasteiger partial charge is 0.137 e. The Balaban J connectivity index is 1.22. The van der Waals surface area contributed by atoms with Gasteiger partial charge in [-0.3, -0.25) is 0 Å². The Morgan fingerprint density at radius 3 is 1.69 bits per heavy atom. The Morgan fingerprint density at radius 1 is 0.347 bits per heavy atom. The third-order valence-corrected chi connectivity index (χ3v) is 9.67. The third kappa shape index (κ3) is 4.44. The lowest BCUT2D eigenvalue weighted by molar-refractivity contribution is 0.668. The molecule has 0 aliphatic heterocycles. The molecule has 0 fully saturated rings. The molecule has 10 aromatic rings. The quantitative estimate of drug-likeness (QED) is 0.190. The molecule has 2 aromatic heterocycles. The summed E-state index contributed by atoms with van der Waals surface area (Å²) in [6, 6.07) is 62.1. The molecule has 0 unspecified atom stereocenters. The van der Waals surface area contributed by atoms with Crippen LogP contribution in [0, 0.1) is 0 Å². The average Bonchev–Trinajstić information content (AvgIpc) is 3.74. The van der Waals surface area contributed by atoms with Gasteiger partial charge in [0.05, 0.1) is 16.8 Å². The van der Waals surface area contributed by atoms with Gasteiger partial charge in [-0.05, 0) is 82.1 Å². The fraction of sp³-hybridized carbons (Fsp3) is 0. The highest BCUT2D eigenvalue weighted by Crippen LogP contribution is 2.48. The number of anilines is 3. The summed E-state index contributed by atoms with van der Waals surface area (Å²) in [5.41, 5.74) is 11.3. The van der Waals surface area contributed by atoms with E-state index >= 15 is 0 Å². The molecule has 0 bridgehead atoms. The van der Waals surface area contributed by atoms with Crippen LogP contribution in [0.1, 0.15) is 0 Å². The monoisotopic (exact) mass is 627 g/mol. The topological polar surface area (TPSA) is 29.5 Å². The Kier molecular flexibility index (Phi) is 6.18. The summed E-state index contributed by atoms with van der Waals surface area (Å²) in [7, 11) is 0. The van der Waals surface area contributed by atoms with Crippen molar-refractivity contribution in [3.63, 3.8) is 0 Å². The summed E-state index contributed by atoms with van der Waals surface area (Å²) in [6.07, 6.45) is 0. The van der Waals surface area contributed by atoms with Gasteiger partial charge in [0.2, 0.25) is 0 Å². The van der Waals surface area contributed by atoms with E-state index in [0.717, 1.165) is 72.1 Å². The maximum Gasteiger partial charge on any atom is 0.137 e. The fourth-order valence-corrected chi connectivity index (χ4v) is 7.42. The van der Waals surface area contributed by atoms with Crippen LogP contribution < -0.4 is 4.90 Å². The van der Waals surface area contributed by atoms with Gasteiger partial charge in [0.15, 0.2) is 0 Å². The van der Waals surface area contributed by atoms with Crippen molar-refractivity contribution in [2.24, 2.45) is 0 Å². The molecule has 2 heterocycles. The number of fused-ring (bicyclic) bond motifs is 7. The molecule has 0 radical (unpaired) electrons. The Hall–Kier alpha value is -6.58. The lowest BCUT2D eigenvalue weighted by Gasteiger charge is -2.29. The molecular formula is C46H29NO2. The molecule has 8 aromatic carbocycles. The predicted molar refractivity (Wildman–Crippen MR) is 204 cm³/mol. The van der Waals surface area contributed by atoms with Gasteiger partial charge in [-0.15, -0.1) is 0 Å². The van der Waals surface area contributed by atoms with E-state index in [2.05, 4.69) is 157 Å². The van der Waals surface area contributed by atoms with E-state index in [4.69, 9.17) is 8.83 Å². The Labute approximate surface area is 282 Å². The molecule has 0 aliphatic rings. The highest BCUT2D eigenvalue weighted by molar-refractivity contribution is 6.16. The summed E-state index contributed by atoms with van der Waals surface area (Å²) in [5.74, 6) is 0. The molecule has 0 atom stereocenters.